The van der Waals surface area contributed by atoms with Gasteiger partial charge in [0.1, 0.15) is 6.54 Å². The Morgan fingerprint density at radius 3 is 2.15 bits per heavy atom. The van der Waals surface area contributed by atoms with E-state index < -0.39 is 21.9 Å². The summed E-state index contributed by atoms with van der Waals surface area (Å²) in [6.07, 6.45) is 1.01. The Kier molecular flexibility index (Phi) is 6.41. The van der Waals surface area contributed by atoms with Crippen LogP contribution in [0, 0.1) is 11.8 Å². The first-order chi connectivity index (χ1) is 12.1. The van der Waals surface area contributed by atoms with Crippen LogP contribution in [0.25, 0.3) is 0 Å². The van der Waals surface area contributed by atoms with Gasteiger partial charge in [-0.2, -0.15) is 4.31 Å². The molecule has 8 heteroatoms. The number of nitrogens with zero attached hydrogens (tertiary/aromatic N) is 2. The Morgan fingerprint density at radius 1 is 1.15 bits per heavy atom. The van der Waals surface area contributed by atoms with Crippen LogP contribution in [0.4, 0.5) is 0 Å². The first-order valence-electron chi connectivity index (χ1n) is 8.76. The molecular weight excluding hydrogens is 356 g/mol. The number of carboxylic acids is 1. The minimum absolute atomic E-state index is 0.150. The summed E-state index contributed by atoms with van der Waals surface area (Å²) >= 11 is 0. The molecular formula is C18H26N2O5S. The van der Waals surface area contributed by atoms with Crippen molar-refractivity contribution in [1.82, 2.24) is 9.21 Å². The summed E-state index contributed by atoms with van der Waals surface area (Å²) < 4.78 is 27.2. The summed E-state index contributed by atoms with van der Waals surface area (Å²) in [7, 11) is -3.60. The average Bonchev–Trinajstić information content (AvgIpc) is 2.58. The maximum atomic E-state index is 12.8. The Hall–Kier alpha value is -1.93. The highest BCUT2D eigenvalue weighted by Gasteiger charge is 2.31. The third kappa shape index (κ3) is 4.62. The third-order valence-corrected chi connectivity index (χ3v) is 6.42. The highest BCUT2D eigenvalue weighted by Crippen LogP contribution is 2.26. The number of hydrogen-bond acceptors (Lipinski definition) is 4. The summed E-state index contributed by atoms with van der Waals surface area (Å²) in [5.74, 6) is -0.904. The molecule has 144 valence electrons. The number of carbonyl (C=O) groups excluding carboxylic acids is 1. The summed E-state index contributed by atoms with van der Waals surface area (Å²) in [6.45, 7) is 6.64. The van der Waals surface area contributed by atoms with Crippen molar-refractivity contribution in [3.05, 3.63) is 29.8 Å². The van der Waals surface area contributed by atoms with E-state index in [-0.39, 0.29) is 23.5 Å². The van der Waals surface area contributed by atoms with Gasteiger partial charge in [-0.05, 0) is 49.4 Å². The van der Waals surface area contributed by atoms with E-state index in [2.05, 4.69) is 0 Å². The van der Waals surface area contributed by atoms with Crippen molar-refractivity contribution in [3.63, 3.8) is 0 Å². The number of carboxylic acid groups (broad SMARTS) is 1. The number of likely N-dealkylation sites (N-methyl/N-ethyl adjacent to an activating group) is 1. The van der Waals surface area contributed by atoms with Gasteiger partial charge in [-0.1, -0.05) is 13.8 Å². The van der Waals surface area contributed by atoms with Crippen molar-refractivity contribution in [2.24, 2.45) is 11.8 Å². The van der Waals surface area contributed by atoms with Gasteiger partial charge >= 0.3 is 5.97 Å². The van der Waals surface area contributed by atoms with Gasteiger partial charge in [-0.15, -0.1) is 0 Å². The number of aliphatic carboxylic acids is 1. The zero-order valence-electron chi connectivity index (χ0n) is 15.4. The van der Waals surface area contributed by atoms with Gasteiger partial charge in [0.15, 0.2) is 0 Å². The van der Waals surface area contributed by atoms with E-state index in [4.69, 9.17) is 5.11 Å². The molecule has 0 aromatic heterocycles. The molecule has 26 heavy (non-hydrogen) atoms. The molecule has 1 amide bonds. The molecule has 0 saturated carbocycles. The van der Waals surface area contributed by atoms with Crippen molar-refractivity contribution < 1.29 is 23.1 Å². The number of rotatable bonds is 6. The zero-order valence-corrected chi connectivity index (χ0v) is 16.2. The summed E-state index contributed by atoms with van der Waals surface area (Å²) in [6, 6.07) is 5.72. The predicted molar refractivity (Wildman–Crippen MR) is 97.4 cm³/mol. The van der Waals surface area contributed by atoms with Crippen LogP contribution in [-0.2, 0) is 14.8 Å². The van der Waals surface area contributed by atoms with Gasteiger partial charge in [-0.25, -0.2) is 8.42 Å². The molecule has 1 fully saturated rings. The van der Waals surface area contributed by atoms with E-state index in [9.17, 15) is 18.0 Å². The van der Waals surface area contributed by atoms with E-state index in [1.807, 2.05) is 13.8 Å². The SMILES string of the molecule is CCN(CC(=O)O)C(=O)c1ccc(S(=O)(=O)N2CC(C)CC(C)C2)cc1. The van der Waals surface area contributed by atoms with Gasteiger partial charge in [0.2, 0.25) is 10.0 Å². The van der Waals surface area contributed by atoms with Crippen LogP contribution in [0.3, 0.4) is 0 Å². The Balaban J connectivity index is 2.20. The van der Waals surface area contributed by atoms with Crippen molar-refractivity contribution in [3.8, 4) is 0 Å². The van der Waals surface area contributed by atoms with E-state index in [1.165, 1.54) is 33.5 Å². The minimum atomic E-state index is -3.60. The van der Waals surface area contributed by atoms with E-state index in [1.54, 1.807) is 6.92 Å². The molecule has 1 aromatic rings. The van der Waals surface area contributed by atoms with Crippen molar-refractivity contribution in [2.45, 2.75) is 32.1 Å². The Labute approximate surface area is 154 Å². The normalized spacial score (nSPS) is 21.3. The fraction of sp³-hybridized carbons (Fsp3) is 0.556. The number of carbonyl (C=O) groups is 2. The number of hydrogen-bond donors (Lipinski definition) is 1. The standard InChI is InChI=1S/C18H26N2O5S/c1-4-19(12-17(21)22)18(23)15-5-7-16(8-6-15)26(24,25)20-10-13(2)9-14(3)11-20/h5-8,13-14H,4,9-12H2,1-3H3,(H,21,22). The maximum absolute atomic E-state index is 12.8. The van der Waals surface area contributed by atoms with Gasteiger partial charge in [0.05, 0.1) is 4.90 Å². The lowest BCUT2D eigenvalue weighted by molar-refractivity contribution is -0.137. The molecule has 2 unspecified atom stereocenters. The van der Waals surface area contributed by atoms with Gasteiger partial charge in [-0.3, -0.25) is 9.59 Å². The highest BCUT2D eigenvalue weighted by molar-refractivity contribution is 7.89. The Bertz CT molecular complexity index is 750. The lowest BCUT2D eigenvalue weighted by Gasteiger charge is -2.34. The van der Waals surface area contributed by atoms with Crippen LogP contribution in [0.15, 0.2) is 29.2 Å². The van der Waals surface area contributed by atoms with Crippen LogP contribution in [0.5, 0.6) is 0 Å². The second kappa shape index (κ2) is 8.18. The second-order valence-corrected chi connectivity index (χ2v) is 8.94. The molecule has 1 aliphatic heterocycles. The molecule has 1 aromatic carbocycles. The van der Waals surface area contributed by atoms with Crippen LogP contribution < -0.4 is 0 Å². The number of benzene rings is 1. The van der Waals surface area contributed by atoms with Gasteiger partial charge in [0.25, 0.3) is 5.91 Å². The molecule has 0 radical (unpaired) electrons. The highest BCUT2D eigenvalue weighted by atomic mass is 32.2. The van der Waals surface area contributed by atoms with Crippen LogP contribution in [0.1, 0.15) is 37.6 Å². The summed E-state index contributed by atoms with van der Waals surface area (Å²) in [5, 5.41) is 8.87. The van der Waals surface area contributed by atoms with E-state index >= 15 is 0 Å². The molecule has 2 rings (SSSR count). The average molecular weight is 382 g/mol. The smallest absolute Gasteiger partial charge is 0.323 e. The lowest BCUT2D eigenvalue weighted by Crippen LogP contribution is -2.42. The fourth-order valence-electron chi connectivity index (χ4n) is 3.39. The van der Waals surface area contributed by atoms with Crippen LogP contribution in [0.2, 0.25) is 0 Å². The first-order valence-corrected chi connectivity index (χ1v) is 10.2. The number of sulfonamides is 1. The van der Waals surface area contributed by atoms with Crippen molar-refractivity contribution in [1.29, 1.82) is 0 Å². The predicted octanol–water partition coefficient (Wildman–Crippen LogP) is 1.90. The van der Waals surface area contributed by atoms with Crippen LogP contribution in [-0.4, -0.2) is 60.8 Å². The molecule has 7 nitrogen and oxygen atoms in total. The van der Waals surface area contributed by atoms with Crippen molar-refractivity contribution >= 4 is 21.9 Å². The Morgan fingerprint density at radius 2 is 1.69 bits per heavy atom. The van der Waals surface area contributed by atoms with E-state index in [0.717, 1.165) is 6.42 Å². The van der Waals surface area contributed by atoms with Gasteiger partial charge < -0.3 is 10.0 Å². The number of amides is 1. The second-order valence-electron chi connectivity index (χ2n) is 7.01. The molecule has 1 N–H and O–H groups in total. The number of piperidine rings is 1. The van der Waals surface area contributed by atoms with E-state index in [0.29, 0.717) is 24.9 Å². The molecule has 1 heterocycles. The van der Waals surface area contributed by atoms with Crippen molar-refractivity contribution in [2.75, 3.05) is 26.2 Å². The molecule has 2 atom stereocenters. The molecule has 0 spiro atoms. The molecule has 0 aliphatic carbocycles. The molecule has 1 aliphatic rings. The summed E-state index contributed by atoms with van der Waals surface area (Å²) in [4.78, 5) is 24.5. The minimum Gasteiger partial charge on any atom is -0.480 e. The summed E-state index contributed by atoms with van der Waals surface area (Å²) in [5.41, 5.74) is 0.271. The first kappa shape index (κ1) is 20.4. The fourth-order valence-corrected chi connectivity index (χ4v) is 5.07. The van der Waals surface area contributed by atoms with Gasteiger partial charge in [0, 0.05) is 25.2 Å². The molecule has 0 bridgehead atoms. The topological polar surface area (TPSA) is 95.0 Å². The lowest BCUT2D eigenvalue weighted by atomic mass is 9.94. The monoisotopic (exact) mass is 382 g/mol. The van der Waals surface area contributed by atoms with Crippen LogP contribution >= 0.6 is 0 Å². The largest absolute Gasteiger partial charge is 0.480 e. The zero-order chi connectivity index (χ0) is 19.5. The quantitative estimate of drug-likeness (QED) is 0.811. The maximum Gasteiger partial charge on any atom is 0.323 e. The molecule has 1 saturated heterocycles. The third-order valence-electron chi connectivity index (χ3n) is 4.57.